The van der Waals surface area contributed by atoms with Gasteiger partial charge in [-0.3, -0.25) is 4.90 Å². The molecule has 3 nitrogen and oxygen atoms in total. The maximum atomic E-state index is 6.51. The molecule has 1 saturated heterocycles. The summed E-state index contributed by atoms with van der Waals surface area (Å²) >= 11 is 0. The Morgan fingerprint density at radius 2 is 1.94 bits per heavy atom. The van der Waals surface area contributed by atoms with E-state index in [9.17, 15) is 0 Å². The number of hydrogen-bond acceptors (Lipinski definition) is 3. The summed E-state index contributed by atoms with van der Waals surface area (Å²) in [7, 11) is 0. The predicted molar refractivity (Wildman–Crippen MR) is 76.6 cm³/mol. The van der Waals surface area contributed by atoms with Crippen LogP contribution in [0.1, 0.15) is 31.0 Å². The Kier molecular flexibility index (Phi) is 4.05. The van der Waals surface area contributed by atoms with Crippen molar-refractivity contribution in [1.29, 1.82) is 0 Å². The van der Waals surface area contributed by atoms with Gasteiger partial charge in [0.1, 0.15) is 0 Å². The van der Waals surface area contributed by atoms with E-state index in [1.807, 2.05) is 0 Å². The number of piperazine rings is 1. The molecule has 100 valence electrons. The van der Waals surface area contributed by atoms with Crippen molar-refractivity contribution < 1.29 is 0 Å². The van der Waals surface area contributed by atoms with Crippen LogP contribution in [0.2, 0.25) is 0 Å². The molecule has 1 aromatic rings. The Labute approximate surface area is 110 Å². The largest absolute Gasteiger partial charge is 0.322 e. The topological polar surface area (TPSA) is 41.3 Å². The van der Waals surface area contributed by atoms with Crippen LogP contribution in [0.25, 0.3) is 0 Å². The van der Waals surface area contributed by atoms with Gasteiger partial charge in [0.05, 0.1) is 0 Å². The molecular weight excluding hydrogens is 222 g/mol. The number of hydrogen-bond donors (Lipinski definition) is 2. The lowest BCUT2D eigenvalue weighted by Gasteiger charge is -2.45. The number of nitrogens with zero attached hydrogens (tertiary/aromatic N) is 1. The maximum absolute atomic E-state index is 6.51. The molecule has 0 spiro atoms. The molecule has 1 aliphatic heterocycles. The fourth-order valence-electron chi connectivity index (χ4n) is 2.71. The van der Waals surface area contributed by atoms with E-state index in [1.54, 1.807) is 0 Å². The Balaban J connectivity index is 2.17. The Hall–Kier alpha value is -0.900. The molecule has 1 aliphatic rings. The van der Waals surface area contributed by atoms with E-state index in [4.69, 9.17) is 5.73 Å². The van der Waals surface area contributed by atoms with Crippen LogP contribution >= 0.6 is 0 Å². The fraction of sp³-hybridized carbons (Fsp3) is 0.600. The SMILES string of the molecule is Cc1cccc(C(N)C(C)(C)N2CCNCC2)c1. The molecule has 1 unspecified atom stereocenters. The molecular formula is C15H25N3. The van der Waals surface area contributed by atoms with Gasteiger partial charge >= 0.3 is 0 Å². The first-order chi connectivity index (χ1) is 8.51. The van der Waals surface area contributed by atoms with Gasteiger partial charge in [-0.2, -0.15) is 0 Å². The summed E-state index contributed by atoms with van der Waals surface area (Å²) < 4.78 is 0. The van der Waals surface area contributed by atoms with E-state index < -0.39 is 0 Å². The first-order valence-corrected chi connectivity index (χ1v) is 6.80. The number of nitrogens with one attached hydrogen (secondary N) is 1. The van der Waals surface area contributed by atoms with Crippen LogP contribution in [-0.2, 0) is 0 Å². The molecule has 1 atom stereocenters. The third-order valence-corrected chi connectivity index (χ3v) is 4.09. The molecule has 1 aromatic carbocycles. The van der Waals surface area contributed by atoms with E-state index in [1.165, 1.54) is 11.1 Å². The molecule has 0 aliphatic carbocycles. The molecule has 3 heteroatoms. The van der Waals surface area contributed by atoms with Crippen molar-refractivity contribution in [2.24, 2.45) is 5.73 Å². The lowest BCUT2D eigenvalue weighted by atomic mass is 9.86. The second kappa shape index (κ2) is 5.39. The monoisotopic (exact) mass is 247 g/mol. The molecule has 2 rings (SSSR count). The highest BCUT2D eigenvalue weighted by molar-refractivity contribution is 5.27. The van der Waals surface area contributed by atoms with Crippen molar-refractivity contribution in [1.82, 2.24) is 10.2 Å². The normalized spacial score (nSPS) is 19.8. The van der Waals surface area contributed by atoms with Crippen LogP contribution in [-0.4, -0.2) is 36.6 Å². The van der Waals surface area contributed by atoms with Crippen LogP contribution in [0.5, 0.6) is 0 Å². The lowest BCUT2D eigenvalue weighted by Crippen LogP contribution is -2.57. The van der Waals surface area contributed by atoms with Crippen LogP contribution in [0.3, 0.4) is 0 Å². The van der Waals surface area contributed by atoms with E-state index in [-0.39, 0.29) is 11.6 Å². The van der Waals surface area contributed by atoms with Gasteiger partial charge in [-0.05, 0) is 26.3 Å². The van der Waals surface area contributed by atoms with Crippen molar-refractivity contribution in [3.05, 3.63) is 35.4 Å². The summed E-state index contributed by atoms with van der Waals surface area (Å²) in [6.45, 7) is 10.9. The van der Waals surface area contributed by atoms with Crippen LogP contribution in [0, 0.1) is 6.92 Å². The van der Waals surface area contributed by atoms with Crippen LogP contribution in [0.15, 0.2) is 24.3 Å². The van der Waals surface area contributed by atoms with Gasteiger partial charge in [0.25, 0.3) is 0 Å². The zero-order valence-corrected chi connectivity index (χ0v) is 11.7. The molecule has 3 N–H and O–H groups in total. The minimum Gasteiger partial charge on any atom is -0.322 e. The maximum Gasteiger partial charge on any atom is 0.0476 e. The molecule has 1 fully saturated rings. The Morgan fingerprint density at radius 1 is 1.28 bits per heavy atom. The zero-order chi connectivity index (χ0) is 13.2. The van der Waals surface area contributed by atoms with E-state index in [0.717, 1.165) is 26.2 Å². The van der Waals surface area contributed by atoms with Gasteiger partial charge < -0.3 is 11.1 Å². The molecule has 0 saturated carbocycles. The molecule has 0 bridgehead atoms. The van der Waals surface area contributed by atoms with Crippen molar-refractivity contribution in [3.63, 3.8) is 0 Å². The third kappa shape index (κ3) is 2.74. The Morgan fingerprint density at radius 3 is 2.56 bits per heavy atom. The highest BCUT2D eigenvalue weighted by Gasteiger charge is 2.34. The fourth-order valence-corrected chi connectivity index (χ4v) is 2.71. The van der Waals surface area contributed by atoms with E-state index in [2.05, 4.69) is 55.3 Å². The first kappa shape index (κ1) is 13.5. The summed E-state index contributed by atoms with van der Waals surface area (Å²) in [5, 5.41) is 3.39. The van der Waals surface area contributed by atoms with Crippen LogP contribution in [0.4, 0.5) is 0 Å². The van der Waals surface area contributed by atoms with Crippen molar-refractivity contribution in [3.8, 4) is 0 Å². The summed E-state index contributed by atoms with van der Waals surface area (Å²) in [4.78, 5) is 2.50. The van der Waals surface area contributed by atoms with Gasteiger partial charge in [-0.25, -0.2) is 0 Å². The molecule has 0 radical (unpaired) electrons. The van der Waals surface area contributed by atoms with Gasteiger partial charge in [0.15, 0.2) is 0 Å². The third-order valence-electron chi connectivity index (χ3n) is 4.09. The molecule has 0 aromatic heterocycles. The van der Waals surface area contributed by atoms with Gasteiger partial charge in [-0.15, -0.1) is 0 Å². The summed E-state index contributed by atoms with van der Waals surface area (Å²) in [6.07, 6.45) is 0. The summed E-state index contributed by atoms with van der Waals surface area (Å²) in [5.41, 5.74) is 9.02. The van der Waals surface area contributed by atoms with Crippen molar-refractivity contribution >= 4 is 0 Å². The number of aryl methyl sites for hydroxylation is 1. The standard InChI is InChI=1S/C15H25N3/c1-12-5-4-6-13(11-12)14(16)15(2,3)18-9-7-17-8-10-18/h4-6,11,14,17H,7-10,16H2,1-3H3. The highest BCUT2D eigenvalue weighted by atomic mass is 15.2. The van der Waals surface area contributed by atoms with Crippen LogP contribution < -0.4 is 11.1 Å². The van der Waals surface area contributed by atoms with Gasteiger partial charge in [0, 0.05) is 37.8 Å². The van der Waals surface area contributed by atoms with Crippen molar-refractivity contribution in [2.75, 3.05) is 26.2 Å². The lowest BCUT2D eigenvalue weighted by molar-refractivity contribution is 0.0800. The first-order valence-electron chi connectivity index (χ1n) is 6.80. The highest BCUT2D eigenvalue weighted by Crippen LogP contribution is 2.29. The smallest absolute Gasteiger partial charge is 0.0476 e. The quantitative estimate of drug-likeness (QED) is 0.854. The second-order valence-electron chi connectivity index (χ2n) is 5.78. The predicted octanol–water partition coefficient (Wildman–Crippen LogP) is 1.68. The summed E-state index contributed by atoms with van der Waals surface area (Å²) in [5.74, 6) is 0. The second-order valence-corrected chi connectivity index (χ2v) is 5.78. The molecule has 0 amide bonds. The minimum absolute atomic E-state index is 0.00407. The van der Waals surface area contributed by atoms with Gasteiger partial charge in [0.2, 0.25) is 0 Å². The number of nitrogens with two attached hydrogens (primary N) is 1. The number of rotatable bonds is 3. The summed E-state index contributed by atoms with van der Waals surface area (Å²) in [6, 6.07) is 8.61. The Bertz CT molecular complexity index is 394. The molecule has 1 heterocycles. The van der Waals surface area contributed by atoms with Crippen molar-refractivity contribution in [2.45, 2.75) is 32.4 Å². The number of benzene rings is 1. The average Bonchev–Trinajstić information content (AvgIpc) is 2.39. The van der Waals surface area contributed by atoms with E-state index >= 15 is 0 Å². The average molecular weight is 247 g/mol. The molecule has 18 heavy (non-hydrogen) atoms. The van der Waals surface area contributed by atoms with E-state index in [0.29, 0.717) is 0 Å². The van der Waals surface area contributed by atoms with Gasteiger partial charge in [-0.1, -0.05) is 29.8 Å². The zero-order valence-electron chi connectivity index (χ0n) is 11.7. The minimum atomic E-state index is -0.00407.